The predicted octanol–water partition coefficient (Wildman–Crippen LogP) is 5.44. The van der Waals surface area contributed by atoms with Gasteiger partial charge in [0.25, 0.3) is 0 Å². The molecule has 2 heteroatoms. The number of unbranched alkanes of at least 4 members (excludes halogenated alkanes) is 9. The number of hydrogen-bond donors (Lipinski definition) is 0. The van der Waals surface area contributed by atoms with Crippen molar-refractivity contribution in [3.63, 3.8) is 0 Å². The summed E-state index contributed by atoms with van der Waals surface area (Å²) < 4.78 is 9.02. The Morgan fingerprint density at radius 2 is 1.39 bits per heavy atom. The van der Waals surface area contributed by atoms with Gasteiger partial charge < -0.3 is 0 Å². The number of hydrogen-bond acceptors (Lipinski definition) is 1. The first-order valence-corrected chi connectivity index (χ1v) is 14.6. The van der Waals surface area contributed by atoms with E-state index in [-0.39, 0.29) is 0 Å². The van der Waals surface area contributed by atoms with Crippen molar-refractivity contribution < 1.29 is 3.07 Å². The fourth-order valence-electron chi connectivity index (χ4n) is 2.89. The van der Waals surface area contributed by atoms with Gasteiger partial charge >= 0.3 is 123 Å². The molecule has 18 heavy (non-hydrogen) atoms. The summed E-state index contributed by atoms with van der Waals surface area (Å²) in [6, 6.07) is 0. The first-order valence-electron chi connectivity index (χ1n) is 8.55. The van der Waals surface area contributed by atoms with Crippen molar-refractivity contribution in [2.75, 3.05) is 6.61 Å². The summed E-state index contributed by atoms with van der Waals surface area (Å²) in [5.74, 6) is 0. The van der Waals surface area contributed by atoms with Gasteiger partial charge in [0.15, 0.2) is 0 Å². The summed E-state index contributed by atoms with van der Waals surface area (Å²) in [6.45, 7) is 3.40. The summed E-state index contributed by atoms with van der Waals surface area (Å²) in [7, 11) is 0. The molecule has 1 atom stereocenters. The van der Waals surface area contributed by atoms with Crippen molar-refractivity contribution in [2.24, 2.45) is 0 Å². The molecule has 1 rings (SSSR count). The molecule has 0 aromatic carbocycles. The van der Waals surface area contributed by atoms with E-state index >= 15 is 0 Å². The van der Waals surface area contributed by atoms with Gasteiger partial charge in [-0.3, -0.25) is 0 Å². The van der Waals surface area contributed by atoms with E-state index in [2.05, 4.69) is 6.92 Å². The van der Waals surface area contributed by atoms with E-state index in [0.717, 1.165) is 6.61 Å². The van der Waals surface area contributed by atoms with E-state index in [1.807, 2.05) is 0 Å². The van der Waals surface area contributed by atoms with Crippen LogP contribution >= 0.6 is 0 Å². The van der Waals surface area contributed by atoms with Crippen LogP contribution in [0.25, 0.3) is 0 Å². The van der Waals surface area contributed by atoms with Crippen LogP contribution in [0.1, 0.15) is 84.0 Å². The minimum absolute atomic E-state index is 1.11. The van der Waals surface area contributed by atoms with Gasteiger partial charge in [0.2, 0.25) is 0 Å². The quantitative estimate of drug-likeness (QED) is 0.352. The summed E-state index contributed by atoms with van der Waals surface area (Å²) in [4.78, 5) is 0. The van der Waals surface area contributed by atoms with E-state index in [9.17, 15) is 0 Å². The van der Waals surface area contributed by atoms with Crippen LogP contribution in [-0.2, 0) is 3.07 Å². The molecule has 1 saturated heterocycles. The summed E-state index contributed by atoms with van der Waals surface area (Å²) in [6.07, 6.45) is 17.4. The van der Waals surface area contributed by atoms with Gasteiger partial charge in [-0.1, -0.05) is 0 Å². The van der Waals surface area contributed by atoms with E-state index in [4.69, 9.17) is 3.07 Å². The maximum absolute atomic E-state index is 5.97. The molecule has 1 unspecified atom stereocenters. The van der Waals surface area contributed by atoms with Crippen molar-refractivity contribution in [2.45, 2.75) is 92.8 Å². The minimum atomic E-state index is -1.37. The van der Waals surface area contributed by atoms with Gasteiger partial charge in [0.1, 0.15) is 0 Å². The molecule has 0 spiro atoms. The summed E-state index contributed by atoms with van der Waals surface area (Å²) >= 11 is -1.37. The molecule has 108 valence electrons. The molecule has 0 radical (unpaired) electrons. The third-order valence-electron chi connectivity index (χ3n) is 4.15. The Labute approximate surface area is 122 Å². The SMILES string of the molecule is CCCCCCCCCCC[CH2][SnH]1[CH2]CCC[O]1. The van der Waals surface area contributed by atoms with Crippen LogP contribution in [0.3, 0.4) is 0 Å². The Bertz CT molecular complexity index is 166. The third-order valence-corrected chi connectivity index (χ3v) is 12.2. The summed E-state index contributed by atoms with van der Waals surface area (Å²) in [5.41, 5.74) is 0. The van der Waals surface area contributed by atoms with Crippen LogP contribution < -0.4 is 0 Å². The molecule has 0 bridgehead atoms. The molecule has 0 amide bonds. The van der Waals surface area contributed by atoms with Gasteiger partial charge in [-0.15, -0.1) is 0 Å². The Kier molecular flexibility index (Phi) is 11.9. The molecule has 1 fully saturated rings. The molecule has 0 N–H and O–H groups in total. The summed E-state index contributed by atoms with van der Waals surface area (Å²) in [5, 5.41) is 0. The molecule has 1 nitrogen and oxygen atoms in total. The molecule has 0 aromatic heterocycles. The first kappa shape index (κ1) is 16.8. The van der Waals surface area contributed by atoms with Crippen molar-refractivity contribution in [1.82, 2.24) is 0 Å². The molecule has 0 aliphatic carbocycles. The van der Waals surface area contributed by atoms with Crippen molar-refractivity contribution in [1.29, 1.82) is 0 Å². The Balaban J connectivity index is 1.73. The standard InChI is InChI=1S/C12H25.C4H8O.Sn.H/c1-3-5-7-9-11-12-10-8-6-4-2;1-2-3-4-5;;/h1,3-12H2,2H3;1-4H2;;/q;-1;+1;. The molecule has 0 saturated carbocycles. The fraction of sp³-hybridized carbons (Fsp3) is 1.00. The molecular weight excluding hydrogens is 327 g/mol. The monoisotopic (exact) mass is 362 g/mol. The van der Waals surface area contributed by atoms with Crippen LogP contribution in [0.5, 0.6) is 0 Å². The van der Waals surface area contributed by atoms with Gasteiger partial charge in [0, 0.05) is 0 Å². The topological polar surface area (TPSA) is 9.23 Å². The fourth-order valence-corrected chi connectivity index (χ4v) is 10.3. The Hall–Kier alpha value is 0.759. The maximum atomic E-state index is 5.97. The number of rotatable bonds is 11. The zero-order valence-electron chi connectivity index (χ0n) is 12.6. The van der Waals surface area contributed by atoms with Gasteiger partial charge in [0.05, 0.1) is 0 Å². The molecule has 1 aliphatic heterocycles. The predicted molar refractivity (Wildman–Crippen MR) is 83.8 cm³/mol. The normalized spacial score (nSPS) is 20.2. The van der Waals surface area contributed by atoms with E-state index < -0.39 is 20.2 Å². The van der Waals surface area contributed by atoms with E-state index in [1.165, 1.54) is 85.9 Å². The first-order chi connectivity index (χ1) is 8.93. The van der Waals surface area contributed by atoms with Crippen LogP contribution in [0.4, 0.5) is 0 Å². The van der Waals surface area contributed by atoms with E-state index in [0.29, 0.717) is 0 Å². The van der Waals surface area contributed by atoms with Gasteiger partial charge in [-0.2, -0.15) is 0 Å². The van der Waals surface area contributed by atoms with Crippen LogP contribution in [0, 0.1) is 0 Å². The van der Waals surface area contributed by atoms with Crippen molar-refractivity contribution in [3.8, 4) is 0 Å². The van der Waals surface area contributed by atoms with E-state index in [1.54, 1.807) is 0 Å². The second-order valence-corrected chi connectivity index (χ2v) is 13.8. The van der Waals surface area contributed by atoms with Crippen molar-refractivity contribution >= 4 is 20.2 Å². The average Bonchev–Trinajstić information content (AvgIpc) is 2.42. The second-order valence-electron chi connectivity index (χ2n) is 5.96. The molecular formula is C16H34OSn. The molecule has 0 aromatic rings. The van der Waals surface area contributed by atoms with Gasteiger partial charge in [-0.25, -0.2) is 0 Å². The third kappa shape index (κ3) is 9.66. The average molecular weight is 361 g/mol. The van der Waals surface area contributed by atoms with Crippen molar-refractivity contribution in [3.05, 3.63) is 0 Å². The van der Waals surface area contributed by atoms with Gasteiger partial charge in [-0.05, 0) is 0 Å². The van der Waals surface area contributed by atoms with Crippen LogP contribution in [0.15, 0.2) is 0 Å². The van der Waals surface area contributed by atoms with Crippen LogP contribution in [-0.4, -0.2) is 26.8 Å². The van der Waals surface area contributed by atoms with Crippen LogP contribution in [0.2, 0.25) is 8.87 Å². The zero-order chi connectivity index (χ0) is 12.9. The molecule has 1 aliphatic rings. The Morgan fingerprint density at radius 3 is 1.94 bits per heavy atom. The zero-order valence-corrected chi connectivity index (χ0v) is 15.9. The second kappa shape index (κ2) is 12.8. The Morgan fingerprint density at radius 1 is 0.778 bits per heavy atom. The molecule has 1 heterocycles.